The van der Waals surface area contributed by atoms with E-state index in [1.165, 1.54) is 5.56 Å². The molecule has 1 aliphatic rings. The van der Waals surface area contributed by atoms with Crippen molar-refractivity contribution in [2.75, 3.05) is 25.5 Å². The van der Waals surface area contributed by atoms with E-state index in [0.717, 1.165) is 24.4 Å². The standard InChI is InChI=1S/C20H24N2O2/c1-15-12-17(16-6-4-3-5-7-16)13-22(15)14-20(23)21-18-8-10-19(24-2)11-9-18/h3-11,15,17H,12-14H2,1-2H3,(H,21,23). The number of rotatable bonds is 5. The predicted molar refractivity (Wildman–Crippen MR) is 96.5 cm³/mol. The molecule has 1 amide bonds. The molecule has 3 rings (SSSR count). The fourth-order valence-corrected chi connectivity index (χ4v) is 3.34. The number of benzene rings is 2. The van der Waals surface area contributed by atoms with Crippen LogP contribution >= 0.6 is 0 Å². The second-order valence-electron chi connectivity index (χ2n) is 6.40. The highest BCUT2D eigenvalue weighted by molar-refractivity contribution is 5.92. The number of carbonyl (C=O) groups excluding carboxylic acids is 1. The zero-order valence-corrected chi connectivity index (χ0v) is 14.2. The Morgan fingerprint density at radius 1 is 1.17 bits per heavy atom. The minimum Gasteiger partial charge on any atom is -0.497 e. The van der Waals surface area contributed by atoms with Crippen molar-refractivity contribution in [3.05, 3.63) is 60.2 Å². The van der Waals surface area contributed by atoms with Crippen molar-refractivity contribution in [1.29, 1.82) is 0 Å². The van der Waals surface area contributed by atoms with Gasteiger partial charge in [-0.2, -0.15) is 0 Å². The first-order valence-corrected chi connectivity index (χ1v) is 8.38. The second-order valence-corrected chi connectivity index (χ2v) is 6.40. The van der Waals surface area contributed by atoms with Gasteiger partial charge in [0.15, 0.2) is 0 Å². The van der Waals surface area contributed by atoms with Crippen LogP contribution in [-0.4, -0.2) is 37.0 Å². The van der Waals surface area contributed by atoms with Gasteiger partial charge in [0, 0.05) is 18.3 Å². The lowest BCUT2D eigenvalue weighted by Crippen LogP contribution is -2.35. The lowest BCUT2D eigenvalue weighted by molar-refractivity contribution is -0.117. The first-order chi connectivity index (χ1) is 11.7. The summed E-state index contributed by atoms with van der Waals surface area (Å²) in [4.78, 5) is 14.6. The summed E-state index contributed by atoms with van der Waals surface area (Å²) in [5.74, 6) is 1.32. The molecule has 0 bridgehead atoms. The molecule has 0 saturated carbocycles. The average Bonchev–Trinajstić information content (AvgIpc) is 2.97. The van der Waals surface area contributed by atoms with Crippen LogP contribution in [0.25, 0.3) is 0 Å². The normalized spacial score (nSPS) is 20.8. The van der Waals surface area contributed by atoms with Crippen LogP contribution < -0.4 is 10.1 Å². The van der Waals surface area contributed by atoms with Crippen LogP contribution in [0.4, 0.5) is 5.69 Å². The highest BCUT2D eigenvalue weighted by atomic mass is 16.5. The van der Waals surface area contributed by atoms with Gasteiger partial charge in [-0.05, 0) is 49.1 Å². The second kappa shape index (κ2) is 7.49. The molecule has 1 aliphatic heterocycles. The third-order valence-electron chi connectivity index (χ3n) is 4.70. The van der Waals surface area contributed by atoms with Crippen LogP contribution in [0, 0.1) is 0 Å². The zero-order chi connectivity index (χ0) is 16.9. The molecule has 2 aromatic rings. The fraction of sp³-hybridized carbons (Fsp3) is 0.350. The molecule has 24 heavy (non-hydrogen) atoms. The van der Waals surface area contributed by atoms with E-state index >= 15 is 0 Å². The van der Waals surface area contributed by atoms with Crippen molar-refractivity contribution in [2.45, 2.75) is 25.3 Å². The molecule has 1 N–H and O–H groups in total. The summed E-state index contributed by atoms with van der Waals surface area (Å²) in [5, 5.41) is 2.96. The quantitative estimate of drug-likeness (QED) is 0.915. The highest BCUT2D eigenvalue weighted by Gasteiger charge is 2.30. The number of methoxy groups -OCH3 is 1. The molecule has 1 saturated heterocycles. The van der Waals surface area contributed by atoms with E-state index in [0.29, 0.717) is 18.5 Å². The fourth-order valence-electron chi connectivity index (χ4n) is 3.34. The summed E-state index contributed by atoms with van der Waals surface area (Å²) < 4.78 is 5.13. The molecule has 0 aliphatic carbocycles. The number of nitrogens with zero attached hydrogens (tertiary/aromatic N) is 1. The van der Waals surface area contributed by atoms with Crippen LogP contribution in [0.5, 0.6) is 5.75 Å². The van der Waals surface area contributed by atoms with Gasteiger partial charge in [0.25, 0.3) is 0 Å². The number of hydrogen-bond donors (Lipinski definition) is 1. The van der Waals surface area contributed by atoms with Crippen LogP contribution in [0.2, 0.25) is 0 Å². The molecule has 1 fully saturated rings. The van der Waals surface area contributed by atoms with Crippen molar-refractivity contribution in [3.8, 4) is 5.75 Å². The molecule has 2 atom stereocenters. The molecule has 1 heterocycles. The van der Waals surface area contributed by atoms with Crippen LogP contribution in [-0.2, 0) is 4.79 Å². The third kappa shape index (κ3) is 3.95. The average molecular weight is 324 g/mol. The Labute approximate surface area is 143 Å². The molecule has 4 heteroatoms. The zero-order valence-electron chi connectivity index (χ0n) is 14.2. The van der Waals surface area contributed by atoms with Crippen LogP contribution in [0.3, 0.4) is 0 Å². The van der Waals surface area contributed by atoms with Gasteiger partial charge < -0.3 is 10.1 Å². The summed E-state index contributed by atoms with van der Waals surface area (Å²) in [7, 11) is 1.63. The van der Waals surface area contributed by atoms with Crippen molar-refractivity contribution in [2.24, 2.45) is 0 Å². The minimum atomic E-state index is 0.0285. The predicted octanol–water partition coefficient (Wildman–Crippen LogP) is 3.51. The van der Waals surface area contributed by atoms with Crippen molar-refractivity contribution in [1.82, 2.24) is 4.90 Å². The maximum atomic E-state index is 12.3. The van der Waals surface area contributed by atoms with E-state index in [-0.39, 0.29) is 5.91 Å². The van der Waals surface area contributed by atoms with E-state index in [9.17, 15) is 4.79 Å². The maximum Gasteiger partial charge on any atom is 0.238 e. The van der Waals surface area contributed by atoms with Gasteiger partial charge in [-0.15, -0.1) is 0 Å². The third-order valence-corrected chi connectivity index (χ3v) is 4.70. The Balaban J connectivity index is 1.56. The molecule has 2 unspecified atom stereocenters. The number of nitrogens with one attached hydrogen (secondary N) is 1. The summed E-state index contributed by atoms with van der Waals surface area (Å²) in [6, 6.07) is 18.4. The van der Waals surface area contributed by atoms with E-state index in [2.05, 4.69) is 41.4 Å². The first kappa shape index (κ1) is 16.5. The highest BCUT2D eigenvalue weighted by Crippen LogP contribution is 2.31. The Kier molecular flexibility index (Phi) is 5.16. The summed E-state index contributed by atoms with van der Waals surface area (Å²) in [6.45, 7) is 3.56. The Morgan fingerprint density at radius 3 is 2.54 bits per heavy atom. The lowest BCUT2D eigenvalue weighted by Gasteiger charge is -2.20. The number of hydrogen-bond acceptors (Lipinski definition) is 3. The van der Waals surface area contributed by atoms with Gasteiger partial charge in [0.2, 0.25) is 5.91 Å². The molecule has 126 valence electrons. The van der Waals surface area contributed by atoms with Gasteiger partial charge in [0.05, 0.1) is 13.7 Å². The van der Waals surface area contributed by atoms with E-state index in [4.69, 9.17) is 4.74 Å². The van der Waals surface area contributed by atoms with E-state index < -0.39 is 0 Å². The van der Waals surface area contributed by atoms with Crippen molar-refractivity contribution >= 4 is 11.6 Å². The Morgan fingerprint density at radius 2 is 1.88 bits per heavy atom. The van der Waals surface area contributed by atoms with Crippen LogP contribution in [0.15, 0.2) is 54.6 Å². The Bertz CT molecular complexity index is 670. The van der Waals surface area contributed by atoms with Gasteiger partial charge in [0.1, 0.15) is 5.75 Å². The lowest BCUT2D eigenvalue weighted by atomic mass is 9.97. The molecular formula is C20H24N2O2. The SMILES string of the molecule is COc1ccc(NC(=O)CN2CC(c3ccccc3)CC2C)cc1. The number of anilines is 1. The monoisotopic (exact) mass is 324 g/mol. The molecule has 0 radical (unpaired) electrons. The summed E-state index contributed by atoms with van der Waals surface area (Å²) in [6.07, 6.45) is 1.10. The minimum absolute atomic E-state index is 0.0285. The Hall–Kier alpha value is -2.33. The van der Waals surface area contributed by atoms with Gasteiger partial charge in [-0.25, -0.2) is 0 Å². The van der Waals surface area contributed by atoms with Crippen LogP contribution in [0.1, 0.15) is 24.8 Å². The van der Waals surface area contributed by atoms with Gasteiger partial charge in [-0.1, -0.05) is 30.3 Å². The molecule has 2 aromatic carbocycles. The number of likely N-dealkylation sites (tertiary alicyclic amines) is 1. The first-order valence-electron chi connectivity index (χ1n) is 8.38. The summed E-state index contributed by atoms with van der Waals surface area (Å²) >= 11 is 0. The molecular weight excluding hydrogens is 300 g/mol. The van der Waals surface area contributed by atoms with E-state index in [1.54, 1.807) is 7.11 Å². The number of amides is 1. The van der Waals surface area contributed by atoms with Gasteiger partial charge in [-0.3, -0.25) is 9.69 Å². The summed E-state index contributed by atoms with van der Waals surface area (Å²) in [5.41, 5.74) is 2.16. The molecule has 0 spiro atoms. The number of ether oxygens (including phenoxy) is 1. The largest absolute Gasteiger partial charge is 0.497 e. The van der Waals surface area contributed by atoms with Crippen molar-refractivity contribution in [3.63, 3.8) is 0 Å². The van der Waals surface area contributed by atoms with Crippen molar-refractivity contribution < 1.29 is 9.53 Å². The van der Waals surface area contributed by atoms with Gasteiger partial charge >= 0.3 is 0 Å². The number of carbonyl (C=O) groups is 1. The molecule has 4 nitrogen and oxygen atoms in total. The topological polar surface area (TPSA) is 41.6 Å². The molecule has 0 aromatic heterocycles. The maximum absolute atomic E-state index is 12.3. The smallest absolute Gasteiger partial charge is 0.238 e. The van der Waals surface area contributed by atoms with E-state index in [1.807, 2.05) is 30.3 Å².